The van der Waals surface area contributed by atoms with E-state index in [1.165, 1.54) is 0 Å². The van der Waals surface area contributed by atoms with Gasteiger partial charge in [-0.15, -0.1) is 15.3 Å². The number of benzene rings is 2. The molecule has 0 spiro atoms. The molecule has 2 aromatic carbocycles. The first-order valence-corrected chi connectivity index (χ1v) is 10.2. The van der Waals surface area contributed by atoms with Crippen molar-refractivity contribution in [1.29, 1.82) is 0 Å². The van der Waals surface area contributed by atoms with Gasteiger partial charge in [-0.2, -0.15) is 4.52 Å². The molecular weight excluding hydrogens is 376 g/mol. The van der Waals surface area contributed by atoms with Crippen LogP contribution in [0, 0.1) is 0 Å². The van der Waals surface area contributed by atoms with Gasteiger partial charge in [0, 0.05) is 30.3 Å². The predicted octanol–water partition coefficient (Wildman–Crippen LogP) is 3.19. The third kappa shape index (κ3) is 3.61. The third-order valence-corrected chi connectivity index (χ3v) is 5.47. The molecule has 150 valence electrons. The third-order valence-electron chi connectivity index (χ3n) is 5.47. The Morgan fingerprint density at radius 2 is 1.57 bits per heavy atom. The van der Waals surface area contributed by atoms with Crippen LogP contribution in [0.15, 0.2) is 72.8 Å². The Bertz CT molecular complexity index is 1150. The molecule has 4 aromatic rings. The van der Waals surface area contributed by atoms with Crippen LogP contribution in [0.2, 0.25) is 0 Å². The van der Waals surface area contributed by atoms with E-state index in [9.17, 15) is 4.79 Å². The van der Waals surface area contributed by atoms with Gasteiger partial charge >= 0.3 is 0 Å². The summed E-state index contributed by atoms with van der Waals surface area (Å²) in [5, 5.41) is 16.5. The number of amides is 1. The molecule has 5 rings (SSSR count). The van der Waals surface area contributed by atoms with Crippen molar-refractivity contribution < 1.29 is 4.79 Å². The van der Waals surface area contributed by atoms with Crippen molar-refractivity contribution in [1.82, 2.24) is 25.1 Å². The summed E-state index contributed by atoms with van der Waals surface area (Å²) in [5.41, 5.74) is 2.41. The lowest BCUT2D eigenvalue weighted by molar-refractivity contribution is 0.0931. The molecule has 1 aliphatic rings. The van der Waals surface area contributed by atoms with E-state index in [-0.39, 0.29) is 11.9 Å². The average Bonchev–Trinajstić information content (AvgIpc) is 3.24. The van der Waals surface area contributed by atoms with Gasteiger partial charge in [0.1, 0.15) is 5.82 Å². The van der Waals surface area contributed by atoms with Crippen molar-refractivity contribution >= 4 is 17.4 Å². The maximum Gasteiger partial charge on any atom is 0.251 e. The topological polar surface area (TPSA) is 75.4 Å². The zero-order valence-electron chi connectivity index (χ0n) is 16.5. The van der Waals surface area contributed by atoms with E-state index in [2.05, 4.69) is 20.4 Å². The van der Waals surface area contributed by atoms with Crippen LogP contribution in [0.3, 0.4) is 0 Å². The SMILES string of the molecule is O=C(NC1CCN(c2ccc3nnc(-c4ccccc4)n3n2)CC1)c1ccccc1. The molecule has 0 aliphatic carbocycles. The number of hydrogen-bond acceptors (Lipinski definition) is 5. The highest BCUT2D eigenvalue weighted by atomic mass is 16.1. The summed E-state index contributed by atoms with van der Waals surface area (Å²) in [5.74, 6) is 1.62. The molecule has 0 saturated carbocycles. The number of aromatic nitrogens is 4. The molecule has 1 amide bonds. The summed E-state index contributed by atoms with van der Waals surface area (Å²) in [7, 11) is 0. The first-order valence-electron chi connectivity index (χ1n) is 10.2. The van der Waals surface area contributed by atoms with Gasteiger partial charge in [0.25, 0.3) is 5.91 Å². The molecule has 1 N–H and O–H groups in total. The number of carbonyl (C=O) groups is 1. The first kappa shape index (κ1) is 18.3. The molecule has 1 fully saturated rings. The Labute approximate surface area is 174 Å². The zero-order valence-corrected chi connectivity index (χ0v) is 16.5. The minimum Gasteiger partial charge on any atom is -0.355 e. The standard InChI is InChI=1S/C23H22N6O/c30-23(18-9-5-2-6-10-18)24-19-13-15-28(16-14-19)21-12-11-20-25-26-22(29(20)27-21)17-7-3-1-4-8-17/h1-12,19H,13-16H2,(H,24,30). The number of nitrogens with one attached hydrogen (secondary N) is 1. The minimum absolute atomic E-state index is 0.00872. The summed E-state index contributed by atoms with van der Waals surface area (Å²) < 4.78 is 1.80. The number of nitrogens with zero attached hydrogens (tertiary/aromatic N) is 5. The van der Waals surface area contributed by atoms with Crippen LogP contribution < -0.4 is 10.2 Å². The van der Waals surface area contributed by atoms with E-state index >= 15 is 0 Å². The average molecular weight is 398 g/mol. The van der Waals surface area contributed by atoms with Crippen molar-refractivity contribution in [3.63, 3.8) is 0 Å². The number of rotatable bonds is 4. The van der Waals surface area contributed by atoms with Crippen LogP contribution in [-0.2, 0) is 0 Å². The van der Waals surface area contributed by atoms with Crippen molar-refractivity contribution in [3.8, 4) is 11.4 Å². The summed E-state index contributed by atoms with van der Waals surface area (Å²) in [6, 6.07) is 23.4. The second-order valence-corrected chi connectivity index (χ2v) is 7.45. The molecule has 1 aliphatic heterocycles. The highest BCUT2D eigenvalue weighted by Gasteiger charge is 2.22. The number of fused-ring (bicyclic) bond motifs is 1. The molecule has 2 aromatic heterocycles. The van der Waals surface area contributed by atoms with Crippen LogP contribution in [0.4, 0.5) is 5.82 Å². The first-order chi connectivity index (χ1) is 14.8. The molecule has 7 nitrogen and oxygen atoms in total. The maximum atomic E-state index is 12.4. The fraction of sp³-hybridized carbons (Fsp3) is 0.217. The number of piperidine rings is 1. The van der Waals surface area contributed by atoms with Crippen LogP contribution in [0.5, 0.6) is 0 Å². The van der Waals surface area contributed by atoms with E-state index in [0.29, 0.717) is 5.56 Å². The van der Waals surface area contributed by atoms with Crippen molar-refractivity contribution in [2.24, 2.45) is 0 Å². The maximum absolute atomic E-state index is 12.4. The van der Waals surface area contributed by atoms with Crippen LogP contribution in [-0.4, -0.2) is 44.8 Å². The van der Waals surface area contributed by atoms with Gasteiger partial charge in [-0.3, -0.25) is 4.79 Å². The summed E-state index contributed by atoms with van der Waals surface area (Å²) in [6.45, 7) is 1.67. The lowest BCUT2D eigenvalue weighted by Gasteiger charge is -2.33. The summed E-state index contributed by atoms with van der Waals surface area (Å²) in [6.07, 6.45) is 1.76. The largest absolute Gasteiger partial charge is 0.355 e. The van der Waals surface area contributed by atoms with Gasteiger partial charge in [-0.05, 0) is 37.1 Å². The van der Waals surface area contributed by atoms with Crippen LogP contribution in [0.25, 0.3) is 17.0 Å². The van der Waals surface area contributed by atoms with Crippen LogP contribution >= 0.6 is 0 Å². The molecule has 7 heteroatoms. The molecule has 0 atom stereocenters. The molecule has 1 saturated heterocycles. The van der Waals surface area contributed by atoms with Gasteiger partial charge in [-0.1, -0.05) is 48.5 Å². The molecule has 0 unspecified atom stereocenters. The van der Waals surface area contributed by atoms with Gasteiger partial charge in [-0.25, -0.2) is 0 Å². The summed E-state index contributed by atoms with van der Waals surface area (Å²) in [4.78, 5) is 14.6. The van der Waals surface area contributed by atoms with Gasteiger partial charge in [0.2, 0.25) is 0 Å². The number of carbonyl (C=O) groups excluding carboxylic acids is 1. The highest BCUT2D eigenvalue weighted by Crippen LogP contribution is 2.22. The Morgan fingerprint density at radius 3 is 2.30 bits per heavy atom. The molecule has 3 heterocycles. The minimum atomic E-state index is -0.00872. The van der Waals surface area contributed by atoms with E-state index < -0.39 is 0 Å². The van der Waals surface area contributed by atoms with Gasteiger partial charge < -0.3 is 10.2 Å². The second-order valence-electron chi connectivity index (χ2n) is 7.45. The fourth-order valence-electron chi connectivity index (χ4n) is 3.83. The Morgan fingerprint density at radius 1 is 0.867 bits per heavy atom. The quantitative estimate of drug-likeness (QED) is 0.571. The van der Waals surface area contributed by atoms with Crippen molar-refractivity contribution in [3.05, 3.63) is 78.4 Å². The van der Waals surface area contributed by atoms with Crippen molar-refractivity contribution in [2.75, 3.05) is 18.0 Å². The normalized spacial score (nSPS) is 14.7. The lowest BCUT2D eigenvalue weighted by atomic mass is 10.0. The predicted molar refractivity (Wildman–Crippen MR) is 115 cm³/mol. The highest BCUT2D eigenvalue weighted by molar-refractivity contribution is 5.94. The number of anilines is 1. The van der Waals surface area contributed by atoms with E-state index in [1.54, 1.807) is 4.52 Å². The van der Waals surface area contributed by atoms with Crippen molar-refractivity contribution in [2.45, 2.75) is 18.9 Å². The molecule has 30 heavy (non-hydrogen) atoms. The zero-order chi connectivity index (χ0) is 20.3. The molecular formula is C23H22N6O. The number of hydrogen-bond donors (Lipinski definition) is 1. The monoisotopic (exact) mass is 398 g/mol. The Balaban J connectivity index is 1.29. The Kier molecular flexibility index (Phi) is 4.85. The van der Waals surface area contributed by atoms with E-state index in [4.69, 9.17) is 5.10 Å². The Hall–Kier alpha value is -3.74. The molecule has 0 radical (unpaired) electrons. The van der Waals surface area contributed by atoms with Crippen LogP contribution in [0.1, 0.15) is 23.2 Å². The lowest BCUT2D eigenvalue weighted by Crippen LogP contribution is -2.45. The van der Waals surface area contributed by atoms with E-state index in [1.807, 2.05) is 72.8 Å². The van der Waals surface area contributed by atoms with Gasteiger partial charge in [0.15, 0.2) is 11.5 Å². The summed E-state index contributed by atoms with van der Waals surface area (Å²) >= 11 is 0. The van der Waals surface area contributed by atoms with Gasteiger partial charge in [0.05, 0.1) is 0 Å². The second kappa shape index (κ2) is 7.94. The molecule has 0 bridgehead atoms. The van der Waals surface area contributed by atoms with E-state index in [0.717, 1.165) is 48.8 Å². The smallest absolute Gasteiger partial charge is 0.251 e. The fourth-order valence-corrected chi connectivity index (χ4v) is 3.83.